The molecule has 10 heteroatoms. The Labute approximate surface area is 220 Å². The van der Waals surface area contributed by atoms with Crippen LogP contribution in [-0.4, -0.2) is 34.4 Å². The topological polar surface area (TPSA) is 106 Å². The zero-order chi connectivity index (χ0) is 26.8. The molecular formula is C28H34N6O4. The maximum atomic E-state index is 13.5. The highest BCUT2D eigenvalue weighted by molar-refractivity contribution is 5.77. The number of benzene rings is 1. The number of fused-ring (bicyclic) bond motifs is 1. The van der Waals surface area contributed by atoms with Gasteiger partial charge in [0.1, 0.15) is 5.82 Å². The van der Waals surface area contributed by atoms with Crippen LogP contribution in [0, 0.1) is 12.8 Å². The van der Waals surface area contributed by atoms with Gasteiger partial charge in [0.05, 0.1) is 18.3 Å². The molecule has 10 nitrogen and oxygen atoms in total. The second-order valence-corrected chi connectivity index (χ2v) is 10.1. The number of hydrogen-bond acceptors (Lipinski definition) is 6. The minimum Gasteiger partial charge on any atom is -0.444 e. The van der Waals surface area contributed by atoms with E-state index in [-0.39, 0.29) is 29.6 Å². The van der Waals surface area contributed by atoms with Crippen molar-refractivity contribution >= 4 is 17.1 Å². The number of rotatable bonds is 11. The van der Waals surface area contributed by atoms with Crippen LogP contribution in [-0.2, 0) is 35.9 Å². The van der Waals surface area contributed by atoms with Gasteiger partial charge in [0.2, 0.25) is 0 Å². The van der Waals surface area contributed by atoms with Crippen molar-refractivity contribution in [1.82, 2.24) is 28.5 Å². The van der Waals surface area contributed by atoms with Crippen LogP contribution in [0.3, 0.4) is 0 Å². The van der Waals surface area contributed by atoms with Crippen molar-refractivity contribution in [2.45, 2.75) is 79.2 Å². The molecule has 0 radical (unpaired) electrons. The zero-order valence-electron chi connectivity index (χ0n) is 22.2. The average Bonchev–Trinajstić information content (AvgIpc) is 3.49. The monoisotopic (exact) mass is 518 g/mol. The molecule has 200 valence electrons. The molecule has 3 heterocycles. The summed E-state index contributed by atoms with van der Waals surface area (Å²) in [4.78, 5) is 43.9. The highest BCUT2D eigenvalue weighted by Crippen LogP contribution is 2.33. The normalized spacial score (nSPS) is 13.3. The Balaban J connectivity index is 1.57. The first-order valence-electron chi connectivity index (χ1n) is 13.4. The molecule has 0 aliphatic heterocycles. The van der Waals surface area contributed by atoms with E-state index in [0.717, 1.165) is 12.0 Å². The van der Waals surface area contributed by atoms with Crippen LogP contribution < -0.4 is 11.2 Å². The van der Waals surface area contributed by atoms with E-state index in [0.29, 0.717) is 49.8 Å². The number of nitrogens with zero attached hydrogens (tertiary/aromatic N) is 6. The number of esters is 1. The molecule has 1 saturated carbocycles. The quantitative estimate of drug-likeness (QED) is 0.280. The van der Waals surface area contributed by atoms with Crippen LogP contribution in [0.15, 0.2) is 46.2 Å². The van der Waals surface area contributed by atoms with E-state index in [1.807, 2.05) is 45.2 Å². The summed E-state index contributed by atoms with van der Waals surface area (Å²) in [6, 6.07) is 8.21. The molecule has 1 aliphatic rings. The Bertz CT molecular complexity index is 1590. The highest BCUT2D eigenvalue weighted by atomic mass is 16.5. The van der Waals surface area contributed by atoms with E-state index in [4.69, 9.17) is 9.72 Å². The Hall–Kier alpha value is -3.95. The largest absolute Gasteiger partial charge is 0.444 e. The number of carbonyl (C=O) groups excluding carboxylic acids is 1. The van der Waals surface area contributed by atoms with E-state index in [9.17, 15) is 14.4 Å². The molecule has 1 aliphatic carbocycles. The first-order chi connectivity index (χ1) is 18.4. The van der Waals surface area contributed by atoms with Gasteiger partial charge in [-0.1, -0.05) is 49.6 Å². The summed E-state index contributed by atoms with van der Waals surface area (Å²) in [6.45, 7) is 6.86. The number of ether oxygens (including phenoxy) is 1. The van der Waals surface area contributed by atoms with Gasteiger partial charge in [-0.05, 0) is 38.2 Å². The molecule has 0 unspecified atom stereocenters. The minimum absolute atomic E-state index is 0.165. The fourth-order valence-corrected chi connectivity index (χ4v) is 4.84. The summed E-state index contributed by atoms with van der Waals surface area (Å²) in [5, 5.41) is 4.51. The summed E-state index contributed by atoms with van der Waals surface area (Å²) in [6.07, 6.45) is 7.67. The van der Waals surface area contributed by atoms with Crippen molar-refractivity contribution in [3.63, 3.8) is 0 Å². The van der Waals surface area contributed by atoms with Crippen molar-refractivity contribution in [2.75, 3.05) is 0 Å². The summed E-state index contributed by atoms with van der Waals surface area (Å²) >= 11 is 0. The fraction of sp³-hybridized carbons (Fsp3) is 0.464. The summed E-state index contributed by atoms with van der Waals surface area (Å²) in [5.74, 6) is 0.739. The smallest absolute Gasteiger partial charge is 0.332 e. The van der Waals surface area contributed by atoms with Gasteiger partial charge in [-0.15, -0.1) is 0 Å². The number of aromatic nitrogens is 6. The van der Waals surface area contributed by atoms with Crippen LogP contribution in [0.4, 0.5) is 0 Å². The number of carbonyl (C=O) groups is 1. The molecule has 0 N–H and O–H groups in total. The summed E-state index contributed by atoms with van der Waals surface area (Å²) in [5.41, 5.74) is 2.65. The van der Waals surface area contributed by atoms with E-state index in [1.54, 1.807) is 15.4 Å². The lowest BCUT2D eigenvalue weighted by atomic mass is 10.1. The van der Waals surface area contributed by atoms with Crippen molar-refractivity contribution in [3.05, 3.63) is 68.6 Å². The molecule has 0 amide bonds. The maximum absolute atomic E-state index is 13.5. The van der Waals surface area contributed by atoms with Crippen molar-refractivity contribution in [1.29, 1.82) is 0 Å². The predicted molar refractivity (Wildman–Crippen MR) is 144 cm³/mol. The summed E-state index contributed by atoms with van der Waals surface area (Å²) in [7, 11) is 0. The van der Waals surface area contributed by atoms with Crippen molar-refractivity contribution < 1.29 is 9.53 Å². The van der Waals surface area contributed by atoms with Gasteiger partial charge in [0.15, 0.2) is 17.9 Å². The minimum atomic E-state index is -0.434. The molecule has 38 heavy (non-hydrogen) atoms. The lowest BCUT2D eigenvalue weighted by Gasteiger charge is -2.12. The molecule has 0 atom stereocenters. The van der Waals surface area contributed by atoms with E-state index < -0.39 is 5.56 Å². The van der Waals surface area contributed by atoms with Crippen LogP contribution in [0.25, 0.3) is 22.6 Å². The SMILES string of the molecule is CCCn1c(=O)c2c(nc(-c3cnn(Cc4cccc(C)c4)c3)n2COC(=O)CCC2CC2)n(CC)c1=O. The molecule has 0 spiro atoms. The Morgan fingerprint density at radius 2 is 1.95 bits per heavy atom. The Morgan fingerprint density at radius 3 is 2.66 bits per heavy atom. The zero-order valence-corrected chi connectivity index (χ0v) is 22.2. The Morgan fingerprint density at radius 1 is 1.13 bits per heavy atom. The highest BCUT2D eigenvalue weighted by Gasteiger charge is 2.25. The van der Waals surface area contributed by atoms with Gasteiger partial charge in [0, 0.05) is 25.7 Å². The molecule has 4 aromatic rings. The van der Waals surface area contributed by atoms with Gasteiger partial charge in [0.25, 0.3) is 5.56 Å². The number of aryl methyl sites for hydroxylation is 2. The third kappa shape index (κ3) is 5.20. The second-order valence-electron chi connectivity index (χ2n) is 10.1. The lowest BCUT2D eigenvalue weighted by Crippen LogP contribution is -2.40. The third-order valence-electron chi connectivity index (χ3n) is 7.00. The molecule has 1 aromatic carbocycles. The van der Waals surface area contributed by atoms with Crippen molar-refractivity contribution in [3.8, 4) is 11.4 Å². The average molecular weight is 519 g/mol. The summed E-state index contributed by atoms with van der Waals surface area (Å²) < 4.78 is 11.8. The molecule has 0 bridgehead atoms. The molecule has 1 fully saturated rings. The Kier molecular flexibility index (Phi) is 7.31. The molecule has 0 saturated heterocycles. The van der Waals surface area contributed by atoms with Crippen LogP contribution in [0.2, 0.25) is 0 Å². The molecule has 5 rings (SSSR count). The first kappa shape index (κ1) is 25.7. The van der Waals surface area contributed by atoms with Gasteiger partial charge in [-0.25, -0.2) is 9.78 Å². The van der Waals surface area contributed by atoms with Gasteiger partial charge >= 0.3 is 11.7 Å². The van der Waals surface area contributed by atoms with E-state index in [1.165, 1.54) is 27.5 Å². The maximum Gasteiger partial charge on any atom is 0.332 e. The van der Waals surface area contributed by atoms with Crippen molar-refractivity contribution in [2.24, 2.45) is 5.92 Å². The molecule has 3 aromatic heterocycles. The fourth-order valence-electron chi connectivity index (χ4n) is 4.84. The van der Waals surface area contributed by atoms with Gasteiger partial charge in [-0.2, -0.15) is 5.10 Å². The van der Waals surface area contributed by atoms with E-state index in [2.05, 4.69) is 11.2 Å². The standard InChI is InChI=1S/C28H34N6O4/c1-4-13-33-27(36)24-26(32(5-2)28(33)37)30-25(34(24)18-38-23(35)12-11-20-9-10-20)22-15-29-31(17-22)16-21-8-6-7-19(3)14-21/h6-8,14-15,17,20H,4-5,9-13,16,18H2,1-3H3. The lowest BCUT2D eigenvalue weighted by molar-refractivity contribution is -0.147. The number of hydrogen-bond donors (Lipinski definition) is 0. The van der Waals surface area contributed by atoms with Gasteiger partial charge in [-0.3, -0.25) is 28.0 Å². The van der Waals surface area contributed by atoms with Crippen LogP contribution in [0.1, 0.15) is 57.1 Å². The van der Waals surface area contributed by atoms with Crippen LogP contribution >= 0.6 is 0 Å². The van der Waals surface area contributed by atoms with Crippen LogP contribution in [0.5, 0.6) is 0 Å². The molecular weight excluding hydrogens is 484 g/mol. The second kappa shape index (κ2) is 10.8. The third-order valence-corrected chi connectivity index (χ3v) is 7.00. The number of imidazole rings is 1. The van der Waals surface area contributed by atoms with E-state index >= 15 is 0 Å². The van der Waals surface area contributed by atoms with Gasteiger partial charge < -0.3 is 4.74 Å². The first-order valence-corrected chi connectivity index (χ1v) is 13.4. The predicted octanol–water partition coefficient (Wildman–Crippen LogP) is 3.70.